The number of halogens is 4. The number of hydrogen-bond acceptors (Lipinski definition) is 4. The van der Waals surface area contributed by atoms with Gasteiger partial charge < -0.3 is 4.74 Å². The molecule has 0 saturated carbocycles. The zero-order valence-corrected chi connectivity index (χ0v) is 18.7. The van der Waals surface area contributed by atoms with Gasteiger partial charge in [-0.2, -0.15) is 13.2 Å². The molecule has 0 bridgehead atoms. The molecule has 4 nitrogen and oxygen atoms in total. The van der Waals surface area contributed by atoms with E-state index < -0.39 is 23.4 Å². The van der Waals surface area contributed by atoms with Gasteiger partial charge in [0.05, 0.1) is 15.6 Å². The zero-order valence-electron chi connectivity index (χ0n) is 17.1. The van der Waals surface area contributed by atoms with Crippen LogP contribution in [0, 0.1) is 4.91 Å². The first kappa shape index (κ1) is 23.7. The van der Waals surface area contributed by atoms with E-state index in [2.05, 4.69) is 40.2 Å². The third-order valence-electron chi connectivity index (χ3n) is 4.87. The van der Waals surface area contributed by atoms with Gasteiger partial charge in [-0.1, -0.05) is 49.7 Å². The molecule has 0 unspecified atom stereocenters. The number of alkyl halides is 3. The van der Waals surface area contributed by atoms with Crippen LogP contribution in [0.4, 0.5) is 18.9 Å². The minimum atomic E-state index is -4.67. The summed E-state index contributed by atoms with van der Waals surface area (Å²) in [6, 6.07) is 16.0. The van der Waals surface area contributed by atoms with Gasteiger partial charge in [0.25, 0.3) is 0 Å². The second-order valence-electron chi connectivity index (χ2n) is 7.16. The minimum absolute atomic E-state index is 0.178. The Kier molecular flexibility index (Phi) is 7.45. The average molecular weight is 506 g/mol. The molecule has 0 saturated heterocycles. The second kappa shape index (κ2) is 10.1. The molecular formula is C24H19BrF3NO3. The smallest absolute Gasteiger partial charge is 0.416 e. The summed E-state index contributed by atoms with van der Waals surface area (Å²) in [6.07, 6.45) is -1.38. The van der Waals surface area contributed by atoms with Crippen molar-refractivity contribution in [3.63, 3.8) is 0 Å². The highest BCUT2D eigenvalue weighted by Crippen LogP contribution is 2.42. The topological polar surface area (TPSA) is 55.7 Å². The Morgan fingerprint density at radius 3 is 2.12 bits per heavy atom. The first-order valence-electron chi connectivity index (χ1n) is 9.88. The molecular weight excluding hydrogens is 487 g/mol. The van der Waals surface area contributed by atoms with Gasteiger partial charge in [-0.05, 0) is 74.9 Å². The van der Waals surface area contributed by atoms with E-state index in [1.54, 1.807) is 24.3 Å². The monoisotopic (exact) mass is 505 g/mol. The summed E-state index contributed by atoms with van der Waals surface area (Å²) < 4.78 is 43.8. The Morgan fingerprint density at radius 2 is 1.59 bits per heavy atom. The summed E-state index contributed by atoms with van der Waals surface area (Å²) in [7, 11) is 0. The van der Waals surface area contributed by atoms with E-state index in [1.165, 1.54) is 5.56 Å². The van der Waals surface area contributed by atoms with Crippen molar-refractivity contribution in [2.45, 2.75) is 32.4 Å². The molecule has 0 amide bonds. The van der Waals surface area contributed by atoms with Crippen LogP contribution in [-0.4, -0.2) is 5.97 Å². The van der Waals surface area contributed by atoms with Gasteiger partial charge in [-0.15, -0.1) is 4.91 Å². The van der Waals surface area contributed by atoms with Gasteiger partial charge in [0, 0.05) is 0 Å². The van der Waals surface area contributed by atoms with Crippen LogP contribution in [0.5, 0.6) is 5.75 Å². The lowest BCUT2D eigenvalue weighted by Gasteiger charge is -2.12. The Labute approximate surface area is 191 Å². The van der Waals surface area contributed by atoms with Gasteiger partial charge in [0.1, 0.15) is 0 Å². The predicted molar refractivity (Wildman–Crippen MR) is 120 cm³/mol. The summed E-state index contributed by atoms with van der Waals surface area (Å²) in [6.45, 7) is 2.15. The fraction of sp³-hybridized carbons (Fsp3) is 0.208. The average Bonchev–Trinajstić information content (AvgIpc) is 2.78. The van der Waals surface area contributed by atoms with Crippen LogP contribution < -0.4 is 4.74 Å². The molecule has 3 aromatic rings. The molecule has 0 aliphatic carbocycles. The van der Waals surface area contributed by atoms with Gasteiger partial charge in [0.15, 0.2) is 11.4 Å². The summed E-state index contributed by atoms with van der Waals surface area (Å²) in [5.41, 5.74) is 1.62. The Hall–Kier alpha value is -3.00. The van der Waals surface area contributed by atoms with Gasteiger partial charge in [-0.3, -0.25) is 0 Å². The van der Waals surface area contributed by atoms with Crippen LogP contribution >= 0.6 is 15.9 Å². The molecule has 0 aliphatic heterocycles. The van der Waals surface area contributed by atoms with E-state index in [0.717, 1.165) is 36.5 Å². The van der Waals surface area contributed by atoms with Crippen molar-refractivity contribution in [2.24, 2.45) is 5.18 Å². The number of hydrogen-bond donors (Lipinski definition) is 0. The molecule has 0 aromatic heterocycles. The number of nitroso groups, excluding NO2 is 1. The summed E-state index contributed by atoms with van der Waals surface area (Å²) in [4.78, 5) is 23.5. The van der Waals surface area contributed by atoms with Crippen LogP contribution in [0.15, 0.2) is 70.3 Å². The van der Waals surface area contributed by atoms with Crippen molar-refractivity contribution in [3.8, 4) is 16.9 Å². The molecule has 166 valence electrons. The molecule has 8 heteroatoms. The van der Waals surface area contributed by atoms with Crippen molar-refractivity contribution in [1.82, 2.24) is 0 Å². The maximum Gasteiger partial charge on any atom is 0.416 e. The normalized spacial score (nSPS) is 11.3. The Morgan fingerprint density at radius 1 is 1.00 bits per heavy atom. The number of esters is 1. The SMILES string of the molecule is CCCCc1ccc(-c2ccc(C(=O)Oc3c(Br)cc(C(F)(F)F)cc3N=O)cc2)cc1. The summed E-state index contributed by atoms with van der Waals surface area (Å²) in [5, 5.41) is 2.57. The van der Waals surface area contributed by atoms with Crippen molar-refractivity contribution < 1.29 is 22.7 Å². The van der Waals surface area contributed by atoms with Crippen LogP contribution in [0.3, 0.4) is 0 Å². The van der Waals surface area contributed by atoms with E-state index in [-0.39, 0.29) is 15.8 Å². The van der Waals surface area contributed by atoms with E-state index in [1.807, 2.05) is 12.1 Å². The molecule has 0 atom stereocenters. The fourth-order valence-electron chi connectivity index (χ4n) is 3.11. The number of ether oxygens (including phenoxy) is 1. The molecule has 0 N–H and O–H groups in total. The standard InChI is InChI=1S/C24H19BrF3NO3/c1-2-3-4-15-5-7-16(8-6-15)17-9-11-18(12-10-17)23(30)32-22-20(25)13-19(24(26,27)28)14-21(22)29-31/h5-14H,2-4H2,1H3. The molecule has 0 heterocycles. The van der Waals surface area contributed by atoms with Crippen molar-refractivity contribution in [1.29, 1.82) is 0 Å². The van der Waals surface area contributed by atoms with Crippen LogP contribution in [0.25, 0.3) is 11.1 Å². The third kappa shape index (κ3) is 5.62. The molecule has 32 heavy (non-hydrogen) atoms. The number of unbranched alkanes of at least 4 members (excludes halogenated alkanes) is 1. The lowest BCUT2D eigenvalue weighted by molar-refractivity contribution is -0.137. The highest BCUT2D eigenvalue weighted by Gasteiger charge is 2.33. The number of carbonyl (C=O) groups excluding carboxylic acids is 1. The number of benzene rings is 3. The fourth-order valence-corrected chi connectivity index (χ4v) is 3.64. The van der Waals surface area contributed by atoms with Crippen molar-refractivity contribution in [2.75, 3.05) is 0 Å². The number of nitrogens with zero attached hydrogens (tertiary/aromatic N) is 1. The first-order chi connectivity index (χ1) is 15.2. The molecule has 0 spiro atoms. The zero-order chi connectivity index (χ0) is 23.3. The van der Waals surface area contributed by atoms with Crippen LogP contribution in [0.1, 0.15) is 41.3 Å². The molecule has 3 aromatic carbocycles. The summed E-state index contributed by atoms with van der Waals surface area (Å²) in [5.74, 6) is -1.19. The first-order valence-corrected chi connectivity index (χ1v) is 10.7. The maximum absolute atomic E-state index is 12.9. The lowest BCUT2D eigenvalue weighted by Crippen LogP contribution is -2.10. The van der Waals surface area contributed by atoms with E-state index in [9.17, 15) is 22.9 Å². The number of aryl methyl sites for hydroxylation is 1. The van der Waals surface area contributed by atoms with Gasteiger partial charge in [-0.25, -0.2) is 4.79 Å². The van der Waals surface area contributed by atoms with E-state index in [0.29, 0.717) is 6.07 Å². The molecule has 3 rings (SSSR count). The predicted octanol–water partition coefficient (Wildman–Crippen LogP) is 8.09. The minimum Gasteiger partial charge on any atom is -0.419 e. The largest absolute Gasteiger partial charge is 0.419 e. The van der Waals surface area contributed by atoms with Crippen LogP contribution in [0.2, 0.25) is 0 Å². The van der Waals surface area contributed by atoms with Gasteiger partial charge >= 0.3 is 12.1 Å². The van der Waals surface area contributed by atoms with Gasteiger partial charge in [0.2, 0.25) is 0 Å². The third-order valence-corrected chi connectivity index (χ3v) is 5.46. The number of rotatable bonds is 7. The van der Waals surface area contributed by atoms with E-state index >= 15 is 0 Å². The molecule has 0 fully saturated rings. The maximum atomic E-state index is 12.9. The highest BCUT2D eigenvalue weighted by atomic mass is 79.9. The quantitative estimate of drug-likeness (QED) is 0.185. The lowest BCUT2D eigenvalue weighted by atomic mass is 10.0. The second-order valence-corrected chi connectivity index (χ2v) is 8.02. The summed E-state index contributed by atoms with van der Waals surface area (Å²) >= 11 is 2.92. The highest BCUT2D eigenvalue weighted by molar-refractivity contribution is 9.10. The van der Waals surface area contributed by atoms with Crippen molar-refractivity contribution >= 4 is 27.6 Å². The van der Waals surface area contributed by atoms with E-state index in [4.69, 9.17) is 4.74 Å². The Balaban J connectivity index is 1.77. The van der Waals surface area contributed by atoms with Crippen molar-refractivity contribution in [3.05, 3.63) is 86.7 Å². The Bertz CT molecular complexity index is 1110. The van der Waals surface area contributed by atoms with Crippen LogP contribution in [-0.2, 0) is 12.6 Å². The molecule has 0 radical (unpaired) electrons. The number of carbonyl (C=O) groups is 1. The molecule has 0 aliphatic rings.